The summed E-state index contributed by atoms with van der Waals surface area (Å²) in [6.07, 6.45) is 0.283. The predicted molar refractivity (Wildman–Crippen MR) is 88.9 cm³/mol. The third-order valence-electron chi connectivity index (χ3n) is 3.93. The van der Waals surface area contributed by atoms with Crippen LogP contribution >= 0.6 is 0 Å². The van der Waals surface area contributed by atoms with Crippen LogP contribution in [-0.2, 0) is 32.6 Å². The first kappa shape index (κ1) is 17.1. The molecule has 1 unspecified atom stereocenters. The summed E-state index contributed by atoms with van der Waals surface area (Å²) in [5.74, 6) is -1.44. The van der Waals surface area contributed by atoms with E-state index < -0.39 is 27.8 Å². The summed E-state index contributed by atoms with van der Waals surface area (Å²) in [4.78, 5) is 24.3. The molecule has 1 amide bonds. The molecule has 3 N–H and O–H groups in total. The third kappa shape index (κ3) is 3.86. The van der Waals surface area contributed by atoms with Gasteiger partial charge in [0.05, 0.1) is 4.90 Å². The van der Waals surface area contributed by atoms with E-state index in [0.717, 1.165) is 5.56 Å². The van der Waals surface area contributed by atoms with Crippen LogP contribution in [0, 0.1) is 5.92 Å². The van der Waals surface area contributed by atoms with E-state index in [4.69, 9.17) is 9.88 Å². The summed E-state index contributed by atoms with van der Waals surface area (Å²) in [6, 6.07) is 12.9. The van der Waals surface area contributed by atoms with Gasteiger partial charge < -0.3 is 10.1 Å². The summed E-state index contributed by atoms with van der Waals surface area (Å²) in [6.45, 7) is 0.162. The highest BCUT2D eigenvalue weighted by Crippen LogP contribution is 2.27. The quantitative estimate of drug-likeness (QED) is 0.474. The molecule has 1 aliphatic rings. The third-order valence-corrected chi connectivity index (χ3v) is 4.86. The Balaban J connectivity index is 1.64. The van der Waals surface area contributed by atoms with E-state index in [9.17, 15) is 18.0 Å². The van der Waals surface area contributed by atoms with Crippen molar-refractivity contribution in [3.05, 3.63) is 59.7 Å². The number of para-hydroxylation sites is 1. The van der Waals surface area contributed by atoms with Crippen LogP contribution in [0.2, 0.25) is 0 Å². The van der Waals surface area contributed by atoms with Crippen molar-refractivity contribution < 1.29 is 22.7 Å². The topological polar surface area (TPSA) is 116 Å². The number of fused-ring (bicyclic) bond motifs is 1. The van der Waals surface area contributed by atoms with E-state index in [1.165, 1.54) is 12.1 Å². The first-order valence-electron chi connectivity index (χ1n) is 7.53. The maximum Gasteiger partial charge on any atom is 0.324 e. The van der Waals surface area contributed by atoms with Crippen LogP contribution in [0.1, 0.15) is 11.1 Å². The van der Waals surface area contributed by atoms with Crippen molar-refractivity contribution in [1.82, 2.24) is 5.32 Å². The minimum Gasteiger partial charge on any atom is -0.426 e. The van der Waals surface area contributed by atoms with Crippen molar-refractivity contribution in [1.29, 1.82) is 0 Å². The molecule has 0 aromatic heterocycles. The summed E-state index contributed by atoms with van der Waals surface area (Å²) in [5.41, 5.74) is 1.49. The minimum absolute atomic E-state index is 0.00459. The van der Waals surface area contributed by atoms with Gasteiger partial charge in [-0.1, -0.05) is 30.3 Å². The van der Waals surface area contributed by atoms with E-state index in [2.05, 4.69) is 5.32 Å². The zero-order valence-corrected chi connectivity index (χ0v) is 14.0. The van der Waals surface area contributed by atoms with E-state index in [1.54, 1.807) is 24.3 Å². The van der Waals surface area contributed by atoms with Crippen molar-refractivity contribution in [2.75, 3.05) is 0 Å². The summed E-state index contributed by atoms with van der Waals surface area (Å²) >= 11 is 0. The first-order chi connectivity index (χ1) is 11.8. The number of rotatable bonds is 4. The highest BCUT2D eigenvalue weighted by molar-refractivity contribution is 7.89. The standard InChI is InChI=1S/C17H16N2O5S/c18-25(22,23)13-7-5-11(6-8-13)10-19-16(20)14-9-12-3-1-2-4-15(12)24-17(14)21/h1-8,14H,9-10H2,(H,19,20)(H2,18,22,23). The normalized spacial score (nSPS) is 16.7. The van der Waals surface area contributed by atoms with Crippen molar-refractivity contribution in [2.45, 2.75) is 17.9 Å². The fraction of sp³-hybridized carbons (Fsp3) is 0.176. The molecular formula is C17H16N2O5S. The average molecular weight is 360 g/mol. The van der Waals surface area contributed by atoms with E-state index >= 15 is 0 Å². The second-order valence-corrected chi connectivity index (χ2v) is 7.25. The highest BCUT2D eigenvalue weighted by Gasteiger charge is 2.33. The molecule has 0 fully saturated rings. The van der Waals surface area contributed by atoms with Gasteiger partial charge in [-0.3, -0.25) is 9.59 Å². The Hall–Kier alpha value is -2.71. The number of ether oxygens (including phenoxy) is 1. The Morgan fingerprint density at radius 3 is 2.52 bits per heavy atom. The van der Waals surface area contributed by atoms with Crippen molar-refractivity contribution in [3.63, 3.8) is 0 Å². The number of hydrogen-bond donors (Lipinski definition) is 2. The van der Waals surface area contributed by atoms with Crippen LogP contribution < -0.4 is 15.2 Å². The minimum atomic E-state index is -3.75. The van der Waals surface area contributed by atoms with Gasteiger partial charge in [0.2, 0.25) is 15.9 Å². The number of esters is 1. The number of nitrogens with one attached hydrogen (secondary N) is 1. The number of sulfonamides is 1. The molecule has 8 heteroatoms. The number of carbonyl (C=O) groups excluding carboxylic acids is 2. The van der Waals surface area contributed by atoms with Crippen LogP contribution in [0.25, 0.3) is 0 Å². The van der Waals surface area contributed by atoms with Gasteiger partial charge in [-0.2, -0.15) is 0 Å². The molecule has 3 rings (SSSR count). The number of primary sulfonamides is 1. The van der Waals surface area contributed by atoms with Crippen LogP contribution in [0.3, 0.4) is 0 Å². The molecular weight excluding hydrogens is 344 g/mol. The highest BCUT2D eigenvalue weighted by atomic mass is 32.2. The van der Waals surface area contributed by atoms with Gasteiger partial charge in [0.15, 0.2) is 0 Å². The van der Waals surface area contributed by atoms with Gasteiger partial charge in [0.1, 0.15) is 11.7 Å². The number of hydrogen-bond acceptors (Lipinski definition) is 5. The molecule has 7 nitrogen and oxygen atoms in total. The Kier molecular flexibility index (Phi) is 4.56. The zero-order valence-electron chi connectivity index (χ0n) is 13.1. The Labute approximate surface area is 144 Å². The average Bonchev–Trinajstić information content (AvgIpc) is 2.58. The number of nitrogens with two attached hydrogens (primary N) is 1. The Morgan fingerprint density at radius 1 is 1.16 bits per heavy atom. The maximum atomic E-state index is 12.3. The molecule has 0 saturated carbocycles. The summed E-state index contributed by atoms with van der Waals surface area (Å²) in [7, 11) is -3.75. The van der Waals surface area contributed by atoms with Gasteiger partial charge in [0.25, 0.3) is 0 Å². The van der Waals surface area contributed by atoms with Crippen LogP contribution in [-0.4, -0.2) is 20.3 Å². The Morgan fingerprint density at radius 2 is 1.84 bits per heavy atom. The lowest BCUT2D eigenvalue weighted by Gasteiger charge is -2.22. The molecule has 0 aliphatic carbocycles. The van der Waals surface area contributed by atoms with Gasteiger partial charge in [0, 0.05) is 6.54 Å². The van der Waals surface area contributed by atoms with Crippen LogP contribution in [0.4, 0.5) is 0 Å². The van der Waals surface area contributed by atoms with E-state index in [-0.39, 0.29) is 17.9 Å². The lowest BCUT2D eigenvalue weighted by Crippen LogP contribution is -2.40. The molecule has 130 valence electrons. The largest absolute Gasteiger partial charge is 0.426 e. The lowest BCUT2D eigenvalue weighted by atomic mass is 9.95. The monoisotopic (exact) mass is 360 g/mol. The number of amides is 1. The maximum absolute atomic E-state index is 12.3. The second kappa shape index (κ2) is 6.66. The molecule has 0 bridgehead atoms. The lowest BCUT2D eigenvalue weighted by molar-refractivity contribution is -0.146. The molecule has 2 aromatic carbocycles. The van der Waals surface area contributed by atoms with Crippen LogP contribution in [0.15, 0.2) is 53.4 Å². The smallest absolute Gasteiger partial charge is 0.324 e. The van der Waals surface area contributed by atoms with E-state index in [0.29, 0.717) is 11.3 Å². The molecule has 1 atom stereocenters. The molecule has 0 radical (unpaired) electrons. The molecule has 25 heavy (non-hydrogen) atoms. The van der Waals surface area contributed by atoms with Gasteiger partial charge >= 0.3 is 5.97 Å². The Bertz CT molecular complexity index is 922. The van der Waals surface area contributed by atoms with Gasteiger partial charge in [-0.15, -0.1) is 0 Å². The van der Waals surface area contributed by atoms with Crippen molar-refractivity contribution in [2.24, 2.45) is 11.1 Å². The molecule has 0 saturated heterocycles. The molecule has 0 spiro atoms. The summed E-state index contributed by atoms with van der Waals surface area (Å²) < 4.78 is 27.6. The zero-order chi connectivity index (χ0) is 18.0. The van der Waals surface area contributed by atoms with Gasteiger partial charge in [-0.25, -0.2) is 13.6 Å². The fourth-order valence-corrected chi connectivity index (χ4v) is 3.08. The first-order valence-corrected chi connectivity index (χ1v) is 9.08. The van der Waals surface area contributed by atoms with Crippen LogP contribution in [0.5, 0.6) is 5.75 Å². The summed E-state index contributed by atoms with van der Waals surface area (Å²) in [5, 5.41) is 7.70. The van der Waals surface area contributed by atoms with Gasteiger partial charge in [-0.05, 0) is 35.7 Å². The molecule has 2 aromatic rings. The van der Waals surface area contributed by atoms with Crippen molar-refractivity contribution >= 4 is 21.9 Å². The molecule has 1 heterocycles. The number of benzene rings is 2. The fourth-order valence-electron chi connectivity index (χ4n) is 2.56. The second-order valence-electron chi connectivity index (χ2n) is 5.69. The predicted octanol–water partition coefficient (Wildman–Crippen LogP) is 0.728. The van der Waals surface area contributed by atoms with E-state index in [1.807, 2.05) is 12.1 Å². The SMILES string of the molecule is NS(=O)(=O)c1ccc(CNC(=O)C2Cc3ccccc3OC2=O)cc1. The number of carbonyl (C=O) groups is 2. The molecule has 1 aliphatic heterocycles. The van der Waals surface area contributed by atoms with Crippen molar-refractivity contribution in [3.8, 4) is 5.75 Å².